The Morgan fingerprint density at radius 1 is 0.412 bits per heavy atom. The van der Waals surface area contributed by atoms with Crippen molar-refractivity contribution < 1.29 is 0 Å². The van der Waals surface area contributed by atoms with E-state index in [9.17, 15) is 0 Å². The topological polar surface area (TPSA) is 28.7 Å². The number of nitrogens with zero attached hydrogens (tertiary/aromatic N) is 1. The number of rotatable bonds is 26. The average Bonchev–Trinajstić information content (AvgIpc) is 3.23. The van der Waals surface area contributed by atoms with Crippen LogP contribution < -0.4 is 0 Å². The first-order valence-electron chi connectivity index (χ1n) is 15.9. The highest BCUT2D eigenvalue weighted by Crippen LogP contribution is 2.21. The van der Waals surface area contributed by atoms with Crippen LogP contribution in [-0.4, -0.2) is 10.2 Å². The van der Waals surface area contributed by atoms with E-state index in [4.69, 9.17) is 5.10 Å². The van der Waals surface area contributed by atoms with Crippen molar-refractivity contribution in [2.45, 2.75) is 188 Å². The molecule has 0 aliphatic carbocycles. The lowest BCUT2D eigenvalue weighted by molar-refractivity contribution is 0.562. The second-order valence-electron chi connectivity index (χ2n) is 10.9. The highest BCUT2D eigenvalue weighted by atomic mass is 15.1. The SMILES string of the molecule is CCCCCCCCCCCc1[nH]nc(CCCCCCCCCC)c1CCCCCCCC. The molecule has 1 N–H and O–H groups in total. The number of hydrogen-bond donors (Lipinski definition) is 1. The predicted molar refractivity (Wildman–Crippen MR) is 153 cm³/mol. The summed E-state index contributed by atoms with van der Waals surface area (Å²) in [7, 11) is 0. The van der Waals surface area contributed by atoms with Gasteiger partial charge in [-0.1, -0.05) is 149 Å². The quantitative estimate of drug-likeness (QED) is 0.133. The van der Waals surface area contributed by atoms with E-state index < -0.39 is 0 Å². The van der Waals surface area contributed by atoms with Crippen molar-refractivity contribution in [3.05, 3.63) is 17.0 Å². The molecule has 0 unspecified atom stereocenters. The molecule has 34 heavy (non-hydrogen) atoms. The predicted octanol–water partition coefficient (Wildman–Crippen LogP) is 11.1. The van der Waals surface area contributed by atoms with Gasteiger partial charge < -0.3 is 0 Å². The molecule has 0 saturated carbocycles. The van der Waals surface area contributed by atoms with Crippen molar-refractivity contribution in [2.75, 3.05) is 0 Å². The molecule has 0 fully saturated rings. The van der Waals surface area contributed by atoms with Crippen LogP contribution in [0.3, 0.4) is 0 Å². The first-order chi connectivity index (χ1) is 16.8. The third-order valence-electron chi connectivity index (χ3n) is 7.62. The van der Waals surface area contributed by atoms with E-state index in [2.05, 4.69) is 25.9 Å². The molecule has 0 aliphatic rings. The van der Waals surface area contributed by atoms with Gasteiger partial charge >= 0.3 is 0 Å². The van der Waals surface area contributed by atoms with Gasteiger partial charge in [0.2, 0.25) is 0 Å². The molecule has 2 heteroatoms. The number of aromatic amines is 1. The van der Waals surface area contributed by atoms with Crippen molar-refractivity contribution >= 4 is 0 Å². The molecule has 0 spiro atoms. The smallest absolute Gasteiger partial charge is 0.0656 e. The van der Waals surface area contributed by atoms with Crippen LogP contribution >= 0.6 is 0 Å². The van der Waals surface area contributed by atoms with E-state index in [-0.39, 0.29) is 0 Å². The summed E-state index contributed by atoms with van der Waals surface area (Å²) in [4.78, 5) is 0. The minimum Gasteiger partial charge on any atom is -0.282 e. The summed E-state index contributed by atoms with van der Waals surface area (Å²) in [6, 6.07) is 0. The fourth-order valence-corrected chi connectivity index (χ4v) is 5.27. The zero-order valence-corrected chi connectivity index (χ0v) is 23.8. The van der Waals surface area contributed by atoms with Gasteiger partial charge in [0.05, 0.1) is 5.69 Å². The number of unbranched alkanes of at least 4 members (excludes halogenated alkanes) is 20. The number of nitrogens with one attached hydrogen (secondary N) is 1. The average molecular weight is 475 g/mol. The molecule has 0 aliphatic heterocycles. The van der Waals surface area contributed by atoms with E-state index in [1.54, 1.807) is 5.56 Å². The molecule has 1 rings (SSSR count). The third-order valence-corrected chi connectivity index (χ3v) is 7.62. The minimum atomic E-state index is 1.19. The van der Waals surface area contributed by atoms with E-state index in [1.165, 1.54) is 178 Å². The van der Waals surface area contributed by atoms with Gasteiger partial charge in [0, 0.05) is 5.69 Å². The number of H-pyrrole nitrogens is 1. The van der Waals surface area contributed by atoms with Gasteiger partial charge in [-0.3, -0.25) is 5.10 Å². The van der Waals surface area contributed by atoms with Crippen LogP contribution in [0.1, 0.15) is 185 Å². The third kappa shape index (κ3) is 16.8. The van der Waals surface area contributed by atoms with Gasteiger partial charge in [-0.2, -0.15) is 5.10 Å². The van der Waals surface area contributed by atoms with Crippen molar-refractivity contribution in [3.8, 4) is 0 Å². The standard InChI is InChI=1S/C32H62N2/c1-4-7-10-13-16-18-20-23-26-29-32-30(27-24-21-15-12-9-6-3)31(33-34-32)28-25-22-19-17-14-11-8-5-2/h4-29H2,1-3H3,(H,33,34). The summed E-state index contributed by atoms with van der Waals surface area (Å²) in [5.41, 5.74) is 4.49. The molecule has 200 valence electrons. The molecule has 0 atom stereocenters. The largest absolute Gasteiger partial charge is 0.282 e. The summed E-state index contributed by atoms with van der Waals surface area (Å²) in [5, 5.41) is 8.32. The molecule has 2 nitrogen and oxygen atoms in total. The Kier molecular flexibility index (Phi) is 22.0. The Labute approximate surface area is 214 Å². The Hall–Kier alpha value is -0.790. The van der Waals surface area contributed by atoms with Gasteiger partial charge in [-0.25, -0.2) is 0 Å². The second kappa shape index (κ2) is 23.9. The molecule has 1 aromatic rings. The molecule has 0 amide bonds. The summed E-state index contributed by atoms with van der Waals surface area (Å²) >= 11 is 0. The molecular weight excluding hydrogens is 412 g/mol. The Balaban J connectivity index is 2.36. The van der Waals surface area contributed by atoms with E-state index in [0.717, 1.165) is 0 Å². The molecular formula is C32H62N2. The van der Waals surface area contributed by atoms with E-state index >= 15 is 0 Å². The van der Waals surface area contributed by atoms with Crippen molar-refractivity contribution in [1.82, 2.24) is 10.2 Å². The highest BCUT2D eigenvalue weighted by Gasteiger charge is 2.12. The number of aromatic nitrogens is 2. The lowest BCUT2D eigenvalue weighted by Crippen LogP contribution is -1.98. The van der Waals surface area contributed by atoms with Gasteiger partial charge in [0.1, 0.15) is 0 Å². The maximum Gasteiger partial charge on any atom is 0.0656 e. The van der Waals surface area contributed by atoms with Crippen LogP contribution in [-0.2, 0) is 19.3 Å². The summed E-state index contributed by atoms with van der Waals surface area (Å²) in [6.07, 6.45) is 35.8. The summed E-state index contributed by atoms with van der Waals surface area (Å²) < 4.78 is 0. The van der Waals surface area contributed by atoms with Gasteiger partial charge in [-0.05, 0) is 44.1 Å². The highest BCUT2D eigenvalue weighted by molar-refractivity contribution is 5.26. The Morgan fingerprint density at radius 2 is 0.765 bits per heavy atom. The van der Waals surface area contributed by atoms with Gasteiger partial charge in [0.25, 0.3) is 0 Å². The van der Waals surface area contributed by atoms with E-state index in [0.29, 0.717) is 0 Å². The van der Waals surface area contributed by atoms with Gasteiger partial charge in [-0.15, -0.1) is 0 Å². The zero-order valence-electron chi connectivity index (χ0n) is 23.8. The van der Waals surface area contributed by atoms with Crippen LogP contribution in [0, 0.1) is 0 Å². The summed E-state index contributed by atoms with van der Waals surface area (Å²) in [5.74, 6) is 0. The van der Waals surface area contributed by atoms with Crippen LogP contribution in [0.15, 0.2) is 0 Å². The molecule has 0 bridgehead atoms. The fourth-order valence-electron chi connectivity index (χ4n) is 5.27. The molecule has 0 aromatic carbocycles. The molecule has 1 heterocycles. The minimum absolute atomic E-state index is 1.19. The van der Waals surface area contributed by atoms with Crippen LogP contribution in [0.2, 0.25) is 0 Å². The first kappa shape index (κ1) is 31.2. The van der Waals surface area contributed by atoms with E-state index in [1.807, 2.05) is 0 Å². The Bertz CT molecular complexity index is 533. The monoisotopic (exact) mass is 474 g/mol. The molecule has 1 aromatic heterocycles. The van der Waals surface area contributed by atoms with Gasteiger partial charge in [0.15, 0.2) is 0 Å². The molecule has 0 saturated heterocycles. The fraction of sp³-hybridized carbons (Fsp3) is 0.906. The number of hydrogen-bond acceptors (Lipinski definition) is 1. The first-order valence-corrected chi connectivity index (χ1v) is 15.9. The second-order valence-corrected chi connectivity index (χ2v) is 10.9. The normalized spacial score (nSPS) is 11.5. The lowest BCUT2D eigenvalue weighted by atomic mass is 9.97. The maximum absolute atomic E-state index is 4.83. The molecule has 0 radical (unpaired) electrons. The zero-order chi connectivity index (χ0) is 24.5. The number of aryl methyl sites for hydroxylation is 2. The Morgan fingerprint density at radius 3 is 1.21 bits per heavy atom. The van der Waals surface area contributed by atoms with Crippen LogP contribution in [0.4, 0.5) is 0 Å². The van der Waals surface area contributed by atoms with Crippen LogP contribution in [0.25, 0.3) is 0 Å². The lowest BCUT2D eigenvalue weighted by Gasteiger charge is -2.08. The summed E-state index contributed by atoms with van der Waals surface area (Å²) in [6.45, 7) is 6.91. The maximum atomic E-state index is 4.83. The van der Waals surface area contributed by atoms with Crippen molar-refractivity contribution in [1.29, 1.82) is 0 Å². The van der Waals surface area contributed by atoms with Crippen LogP contribution in [0.5, 0.6) is 0 Å². The van der Waals surface area contributed by atoms with Crippen molar-refractivity contribution in [2.24, 2.45) is 0 Å². The van der Waals surface area contributed by atoms with Crippen molar-refractivity contribution in [3.63, 3.8) is 0 Å².